The van der Waals surface area contributed by atoms with E-state index < -0.39 is 0 Å². The molecule has 0 aromatic carbocycles. The van der Waals surface area contributed by atoms with E-state index in [-0.39, 0.29) is 0 Å². The van der Waals surface area contributed by atoms with Crippen LogP contribution in [-0.2, 0) is 6.54 Å². The number of piperazine rings is 1. The second kappa shape index (κ2) is 6.63. The predicted molar refractivity (Wildman–Crippen MR) is 90.4 cm³/mol. The van der Waals surface area contributed by atoms with E-state index >= 15 is 0 Å². The van der Waals surface area contributed by atoms with Crippen molar-refractivity contribution >= 4 is 16.5 Å². The number of rotatable bonds is 5. The molecule has 3 rings (SSSR count). The third-order valence-corrected chi connectivity index (χ3v) is 5.79. The molecule has 0 saturated carbocycles. The van der Waals surface area contributed by atoms with E-state index in [1.807, 2.05) is 11.3 Å². The highest BCUT2D eigenvalue weighted by Crippen LogP contribution is 2.33. The van der Waals surface area contributed by atoms with Gasteiger partial charge in [-0.2, -0.15) is 0 Å². The molecule has 5 heteroatoms. The van der Waals surface area contributed by atoms with Gasteiger partial charge in [-0.1, -0.05) is 20.8 Å². The smallest absolute Gasteiger partial charge is 0.185 e. The number of aromatic nitrogens is 1. The van der Waals surface area contributed by atoms with Gasteiger partial charge in [0.1, 0.15) is 0 Å². The second-order valence-electron chi connectivity index (χ2n) is 6.52. The van der Waals surface area contributed by atoms with Crippen LogP contribution in [0.25, 0.3) is 0 Å². The number of fused-ring (bicyclic) bond motifs is 1. The maximum atomic E-state index is 4.99. The van der Waals surface area contributed by atoms with Crippen LogP contribution in [0.2, 0.25) is 0 Å². The molecule has 2 aliphatic heterocycles. The lowest BCUT2D eigenvalue weighted by Crippen LogP contribution is -2.50. The largest absolute Gasteiger partial charge is 0.345 e. The van der Waals surface area contributed by atoms with E-state index in [9.17, 15) is 0 Å². The van der Waals surface area contributed by atoms with Crippen molar-refractivity contribution < 1.29 is 0 Å². The summed E-state index contributed by atoms with van der Waals surface area (Å²) in [6.07, 6.45) is 2.74. The van der Waals surface area contributed by atoms with Crippen molar-refractivity contribution in [3.8, 4) is 0 Å². The van der Waals surface area contributed by atoms with E-state index in [1.54, 1.807) is 0 Å². The maximum absolute atomic E-state index is 4.99. The van der Waals surface area contributed by atoms with Crippen LogP contribution in [0, 0.1) is 0 Å². The van der Waals surface area contributed by atoms with Crippen LogP contribution in [0.3, 0.4) is 0 Å². The minimum Gasteiger partial charge on any atom is -0.345 e. The van der Waals surface area contributed by atoms with Crippen LogP contribution >= 0.6 is 11.3 Å². The normalized spacial score (nSPS) is 23.0. The van der Waals surface area contributed by atoms with Crippen molar-refractivity contribution in [1.29, 1.82) is 0 Å². The third-order valence-electron chi connectivity index (χ3n) is 4.66. The van der Waals surface area contributed by atoms with Crippen LogP contribution in [0.1, 0.15) is 50.1 Å². The molecular weight excluding hydrogens is 280 g/mol. The van der Waals surface area contributed by atoms with Crippen LogP contribution in [-0.4, -0.2) is 48.6 Å². The van der Waals surface area contributed by atoms with Crippen molar-refractivity contribution in [3.63, 3.8) is 0 Å². The minimum absolute atomic E-state index is 0.511. The van der Waals surface area contributed by atoms with Gasteiger partial charge in [0.15, 0.2) is 5.13 Å². The molecular formula is C16H28N4S. The number of nitrogens with zero attached hydrogens (tertiary/aromatic N) is 3. The second-order valence-corrected chi connectivity index (χ2v) is 7.58. The predicted octanol–water partition coefficient (Wildman–Crippen LogP) is 2.66. The van der Waals surface area contributed by atoms with Crippen LogP contribution < -0.4 is 10.2 Å². The molecule has 4 nitrogen and oxygen atoms in total. The molecule has 1 aromatic heterocycles. The molecule has 0 spiro atoms. The summed E-state index contributed by atoms with van der Waals surface area (Å²) in [7, 11) is 0. The highest BCUT2D eigenvalue weighted by molar-refractivity contribution is 7.15. The van der Waals surface area contributed by atoms with Gasteiger partial charge in [-0.3, -0.25) is 4.90 Å². The maximum Gasteiger partial charge on any atom is 0.185 e. The molecule has 0 aliphatic carbocycles. The van der Waals surface area contributed by atoms with Gasteiger partial charge in [-0.25, -0.2) is 4.98 Å². The molecule has 1 atom stereocenters. The van der Waals surface area contributed by atoms with Crippen LogP contribution in [0.15, 0.2) is 0 Å². The first-order valence-electron chi connectivity index (χ1n) is 8.38. The fourth-order valence-electron chi connectivity index (χ4n) is 3.47. The number of thiazole rings is 1. The van der Waals surface area contributed by atoms with Gasteiger partial charge in [-0.05, 0) is 31.8 Å². The first kappa shape index (κ1) is 15.3. The first-order valence-corrected chi connectivity index (χ1v) is 9.20. The summed E-state index contributed by atoms with van der Waals surface area (Å²) < 4.78 is 0. The highest BCUT2D eigenvalue weighted by Gasteiger charge is 2.32. The molecule has 0 amide bonds. The van der Waals surface area contributed by atoms with Gasteiger partial charge in [0.2, 0.25) is 0 Å². The van der Waals surface area contributed by atoms with Crippen LogP contribution in [0.4, 0.5) is 5.13 Å². The molecule has 2 fully saturated rings. The van der Waals surface area contributed by atoms with E-state index in [1.165, 1.54) is 48.2 Å². The molecule has 118 valence electrons. The number of nitrogens with one attached hydrogen (secondary N) is 1. The van der Waals surface area contributed by atoms with E-state index in [2.05, 4.69) is 35.9 Å². The molecule has 1 unspecified atom stereocenters. The molecule has 0 radical (unpaired) electrons. The van der Waals surface area contributed by atoms with E-state index in [4.69, 9.17) is 4.98 Å². The highest BCUT2D eigenvalue weighted by atomic mass is 32.1. The molecule has 3 heterocycles. The number of anilines is 1. The van der Waals surface area contributed by atoms with Gasteiger partial charge in [-0.15, -0.1) is 11.3 Å². The van der Waals surface area contributed by atoms with Crippen molar-refractivity contribution in [1.82, 2.24) is 15.2 Å². The first-order chi connectivity index (χ1) is 10.2. The Labute approximate surface area is 132 Å². The van der Waals surface area contributed by atoms with Crippen molar-refractivity contribution in [2.45, 2.75) is 52.1 Å². The Bertz CT molecular complexity index is 471. The van der Waals surface area contributed by atoms with Crippen molar-refractivity contribution in [2.24, 2.45) is 0 Å². The lowest BCUT2D eigenvalue weighted by atomic mass is 10.1. The summed E-state index contributed by atoms with van der Waals surface area (Å²) >= 11 is 1.90. The molecule has 2 aliphatic rings. The zero-order valence-electron chi connectivity index (χ0n) is 13.6. The Balaban J connectivity index is 1.75. The molecule has 1 N–H and O–H groups in total. The zero-order valence-corrected chi connectivity index (χ0v) is 14.4. The van der Waals surface area contributed by atoms with Crippen molar-refractivity contribution in [2.75, 3.05) is 37.6 Å². The SMILES string of the molecule is CCNCc1sc(N2CCN3CCCC3C2)nc1C(C)C. The molecule has 21 heavy (non-hydrogen) atoms. The fourth-order valence-corrected chi connectivity index (χ4v) is 4.69. The average Bonchev–Trinajstić information content (AvgIpc) is 3.10. The summed E-state index contributed by atoms with van der Waals surface area (Å²) in [6.45, 7) is 13.5. The number of hydrogen-bond acceptors (Lipinski definition) is 5. The van der Waals surface area contributed by atoms with Gasteiger partial charge in [0.05, 0.1) is 5.69 Å². The minimum atomic E-state index is 0.511. The Morgan fingerprint density at radius 1 is 1.33 bits per heavy atom. The lowest BCUT2D eigenvalue weighted by molar-refractivity contribution is 0.231. The lowest BCUT2D eigenvalue weighted by Gasteiger charge is -2.37. The van der Waals surface area contributed by atoms with Gasteiger partial charge in [0.25, 0.3) is 0 Å². The summed E-state index contributed by atoms with van der Waals surface area (Å²) in [5.41, 5.74) is 1.30. The molecule has 2 saturated heterocycles. The zero-order chi connectivity index (χ0) is 14.8. The third kappa shape index (κ3) is 3.25. The van der Waals surface area contributed by atoms with Gasteiger partial charge < -0.3 is 10.2 Å². The number of hydrogen-bond donors (Lipinski definition) is 1. The molecule has 1 aromatic rings. The Kier molecular flexibility index (Phi) is 4.82. The van der Waals surface area contributed by atoms with Crippen molar-refractivity contribution in [3.05, 3.63) is 10.6 Å². The average molecular weight is 308 g/mol. The van der Waals surface area contributed by atoms with E-state index in [0.717, 1.165) is 25.7 Å². The summed E-state index contributed by atoms with van der Waals surface area (Å²) in [4.78, 5) is 11.6. The molecule has 0 bridgehead atoms. The summed E-state index contributed by atoms with van der Waals surface area (Å²) in [5, 5.41) is 4.71. The summed E-state index contributed by atoms with van der Waals surface area (Å²) in [5.74, 6) is 0.511. The van der Waals surface area contributed by atoms with Crippen LogP contribution in [0.5, 0.6) is 0 Å². The van der Waals surface area contributed by atoms with E-state index in [0.29, 0.717) is 5.92 Å². The Morgan fingerprint density at radius 2 is 2.19 bits per heavy atom. The van der Waals surface area contributed by atoms with Gasteiger partial charge in [0, 0.05) is 37.1 Å². The summed E-state index contributed by atoms with van der Waals surface area (Å²) in [6, 6.07) is 0.766. The fraction of sp³-hybridized carbons (Fsp3) is 0.812. The monoisotopic (exact) mass is 308 g/mol. The topological polar surface area (TPSA) is 31.4 Å². The Morgan fingerprint density at radius 3 is 2.95 bits per heavy atom. The quantitative estimate of drug-likeness (QED) is 0.906. The standard InChI is InChI=1S/C16H28N4S/c1-4-17-10-14-15(12(2)3)18-16(21-14)20-9-8-19-7-5-6-13(19)11-20/h12-13,17H,4-11H2,1-3H3. The Hall–Kier alpha value is -0.650. The van der Waals surface area contributed by atoms with Gasteiger partial charge >= 0.3 is 0 Å².